The second-order valence-corrected chi connectivity index (χ2v) is 5.25. The Morgan fingerprint density at radius 2 is 1.95 bits per heavy atom. The summed E-state index contributed by atoms with van der Waals surface area (Å²) in [5, 5.41) is 2.93. The van der Waals surface area contributed by atoms with Crippen molar-refractivity contribution in [1.82, 2.24) is 0 Å². The summed E-state index contributed by atoms with van der Waals surface area (Å²) in [5.41, 5.74) is 3.06. The summed E-state index contributed by atoms with van der Waals surface area (Å²) in [6, 6.07) is 15.8. The summed E-state index contributed by atoms with van der Waals surface area (Å²) in [7, 11) is 0. The Labute approximate surface area is 118 Å². The topological polar surface area (TPSA) is 29.1 Å². The van der Waals surface area contributed by atoms with E-state index in [9.17, 15) is 4.79 Å². The smallest absolute Gasteiger partial charge is 0.228 e. The fourth-order valence-corrected chi connectivity index (χ4v) is 2.57. The van der Waals surface area contributed by atoms with Gasteiger partial charge in [0.15, 0.2) is 0 Å². The van der Waals surface area contributed by atoms with Crippen LogP contribution in [0.25, 0.3) is 0 Å². The van der Waals surface area contributed by atoms with Gasteiger partial charge in [-0.15, -0.1) is 11.8 Å². The maximum atomic E-state index is 12.0. The van der Waals surface area contributed by atoms with Crippen LogP contribution in [0.15, 0.2) is 53.4 Å². The number of carbonyl (C=O) groups excluding carboxylic acids is 1. The van der Waals surface area contributed by atoms with Crippen molar-refractivity contribution in [2.75, 3.05) is 11.6 Å². The first-order valence-corrected chi connectivity index (χ1v) is 7.40. The second-order valence-electron chi connectivity index (χ2n) is 4.41. The largest absolute Gasteiger partial charge is 0.326 e. The van der Waals surface area contributed by atoms with E-state index in [0.29, 0.717) is 6.42 Å². The van der Waals surface area contributed by atoms with Gasteiger partial charge in [-0.05, 0) is 42.5 Å². The molecule has 0 bridgehead atoms. The van der Waals surface area contributed by atoms with Gasteiger partial charge in [0.25, 0.3) is 0 Å². The average Bonchev–Trinajstić information content (AvgIpc) is 2.39. The van der Waals surface area contributed by atoms with Gasteiger partial charge in [-0.25, -0.2) is 0 Å². The number of amides is 1. The van der Waals surface area contributed by atoms with Crippen molar-refractivity contribution in [3.8, 4) is 0 Å². The van der Waals surface area contributed by atoms with Crippen LogP contribution in [-0.2, 0) is 11.2 Å². The lowest BCUT2D eigenvalue weighted by molar-refractivity contribution is -0.115. The number of rotatable bonds is 4. The standard InChI is InChI=1S/C16H17NOS/c1-12-6-5-8-14(10-12)17-16(18)11-13-7-3-4-9-15(13)19-2/h3-10H,11H2,1-2H3,(H,17,18). The van der Waals surface area contributed by atoms with Gasteiger partial charge in [-0.2, -0.15) is 0 Å². The number of anilines is 1. The Morgan fingerprint density at radius 3 is 2.68 bits per heavy atom. The Morgan fingerprint density at radius 1 is 1.16 bits per heavy atom. The first-order chi connectivity index (χ1) is 9.19. The molecule has 0 saturated heterocycles. The molecular weight excluding hydrogens is 254 g/mol. The molecule has 0 heterocycles. The molecule has 3 heteroatoms. The maximum Gasteiger partial charge on any atom is 0.228 e. The molecule has 19 heavy (non-hydrogen) atoms. The van der Waals surface area contributed by atoms with E-state index in [-0.39, 0.29) is 5.91 Å². The maximum absolute atomic E-state index is 12.0. The van der Waals surface area contributed by atoms with Crippen molar-refractivity contribution < 1.29 is 4.79 Å². The first-order valence-electron chi connectivity index (χ1n) is 6.17. The number of hydrogen-bond acceptors (Lipinski definition) is 2. The number of hydrogen-bond donors (Lipinski definition) is 1. The minimum atomic E-state index is 0.0205. The summed E-state index contributed by atoms with van der Waals surface area (Å²) in [4.78, 5) is 13.2. The van der Waals surface area contributed by atoms with E-state index < -0.39 is 0 Å². The van der Waals surface area contributed by atoms with Crippen LogP contribution in [0.4, 0.5) is 5.69 Å². The number of nitrogens with one attached hydrogen (secondary N) is 1. The molecule has 0 aliphatic rings. The summed E-state index contributed by atoms with van der Waals surface area (Å²) in [5.74, 6) is 0.0205. The molecule has 2 rings (SSSR count). The molecule has 0 aromatic heterocycles. The van der Waals surface area contributed by atoms with Crippen LogP contribution in [0.3, 0.4) is 0 Å². The molecule has 0 aliphatic heterocycles. The summed E-state index contributed by atoms with van der Waals surface area (Å²) in [6.45, 7) is 2.01. The molecule has 98 valence electrons. The number of benzene rings is 2. The molecule has 2 aromatic rings. The van der Waals surface area contributed by atoms with E-state index in [1.165, 1.54) is 0 Å². The third kappa shape index (κ3) is 3.86. The van der Waals surface area contributed by atoms with Crippen LogP contribution in [-0.4, -0.2) is 12.2 Å². The van der Waals surface area contributed by atoms with E-state index in [2.05, 4.69) is 5.32 Å². The van der Waals surface area contributed by atoms with Crippen LogP contribution < -0.4 is 5.32 Å². The molecule has 0 atom stereocenters. The third-order valence-corrected chi connectivity index (χ3v) is 3.68. The highest BCUT2D eigenvalue weighted by Crippen LogP contribution is 2.20. The number of thioether (sulfide) groups is 1. The highest BCUT2D eigenvalue weighted by Gasteiger charge is 2.07. The van der Waals surface area contributed by atoms with Gasteiger partial charge >= 0.3 is 0 Å². The minimum absolute atomic E-state index is 0.0205. The van der Waals surface area contributed by atoms with Crippen LogP contribution >= 0.6 is 11.8 Å². The van der Waals surface area contributed by atoms with Crippen LogP contribution in [0.2, 0.25) is 0 Å². The number of aryl methyl sites for hydroxylation is 1. The van der Waals surface area contributed by atoms with E-state index in [1.54, 1.807) is 11.8 Å². The fraction of sp³-hybridized carbons (Fsp3) is 0.188. The van der Waals surface area contributed by atoms with E-state index >= 15 is 0 Å². The quantitative estimate of drug-likeness (QED) is 0.855. The Kier molecular flexibility index (Phi) is 4.63. The van der Waals surface area contributed by atoms with Gasteiger partial charge in [0, 0.05) is 10.6 Å². The van der Waals surface area contributed by atoms with Crippen molar-refractivity contribution in [1.29, 1.82) is 0 Å². The molecule has 1 amide bonds. The van der Waals surface area contributed by atoms with E-state index in [4.69, 9.17) is 0 Å². The van der Waals surface area contributed by atoms with Crippen LogP contribution in [0.1, 0.15) is 11.1 Å². The zero-order chi connectivity index (χ0) is 13.7. The van der Waals surface area contributed by atoms with Gasteiger partial charge in [0.05, 0.1) is 6.42 Å². The van der Waals surface area contributed by atoms with Crippen molar-refractivity contribution in [2.45, 2.75) is 18.2 Å². The van der Waals surface area contributed by atoms with Crippen molar-refractivity contribution in [3.05, 3.63) is 59.7 Å². The lowest BCUT2D eigenvalue weighted by atomic mass is 10.1. The Bertz CT molecular complexity index is 580. The summed E-state index contributed by atoms with van der Waals surface area (Å²) >= 11 is 1.67. The normalized spacial score (nSPS) is 10.2. The fourth-order valence-electron chi connectivity index (χ4n) is 1.95. The monoisotopic (exact) mass is 271 g/mol. The van der Waals surface area contributed by atoms with Crippen LogP contribution in [0.5, 0.6) is 0 Å². The van der Waals surface area contributed by atoms with Crippen molar-refractivity contribution in [2.24, 2.45) is 0 Å². The van der Waals surface area contributed by atoms with Gasteiger partial charge in [0.2, 0.25) is 5.91 Å². The van der Waals surface area contributed by atoms with Gasteiger partial charge in [0.1, 0.15) is 0 Å². The van der Waals surface area contributed by atoms with Crippen molar-refractivity contribution in [3.63, 3.8) is 0 Å². The Hall–Kier alpha value is -1.74. The highest BCUT2D eigenvalue weighted by atomic mass is 32.2. The highest BCUT2D eigenvalue weighted by molar-refractivity contribution is 7.98. The molecule has 0 saturated carbocycles. The molecule has 0 aliphatic carbocycles. The molecule has 0 fully saturated rings. The van der Waals surface area contributed by atoms with Crippen molar-refractivity contribution >= 4 is 23.4 Å². The molecular formula is C16H17NOS. The van der Waals surface area contributed by atoms with Gasteiger partial charge in [-0.3, -0.25) is 4.79 Å². The molecule has 0 spiro atoms. The predicted molar refractivity (Wildman–Crippen MR) is 81.7 cm³/mol. The van der Waals surface area contributed by atoms with Gasteiger partial charge in [-0.1, -0.05) is 30.3 Å². The lowest BCUT2D eigenvalue weighted by Gasteiger charge is -2.08. The summed E-state index contributed by atoms with van der Waals surface area (Å²) < 4.78 is 0. The first kappa shape index (κ1) is 13.7. The van der Waals surface area contributed by atoms with E-state index in [0.717, 1.165) is 21.7 Å². The Balaban J connectivity index is 2.05. The van der Waals surface area contributed by atoms with Crippen LogP contribution in [0, 0.1) is 6.92 Å². The van der Waals surface area contributed by atoms with E-state index in [1.807, 2.05) is 61.7 Å². The average molecular weight is 271 g/mol. The molecule has 2 aromatic carbocycles. The molecule has 1 N–H and O–H groups in total. The second kappa shape index (κ2) is 6.43. The predicted octanol–water partition coefficient (Wildman–Crippen LogP) is 3.90. The third-order valence-electron chi connectivity index (χ3n) is 2.85. The zero-order valence-electron chi connectivity index (χ0n) is 11.1. The minimum Gasteiger partial charge on any atom is -0.326 e. The van der Waals surface area contributed by atoms with Gasteiger partial charge < -0.3 is 5.32 Å². The molecule has 0 unspecified atom stereocenters. The molecule has 2 nitrogen and oxygen atoms in total. The number of carbonyl (C=O) groups is 1. The lowest BCUT2D eigenvalue weighted by Crippen LogP contribution is -2.14. The summed E-state index contributed by atoms with van der Waals surface area (Å²) in [6.07, 6.45) is 2.43. The zero-order valence-corrected chi connectivity index (χ0v) is 12.0. The SMILES string of the molecule is CSc1ccccc1CC(=O)Nc1cccc(C)c1. The molecule has 0 radical (unpaired) electrons.